The molecule has 3 aromatic carbocycles. The van der Waals surface area contributed by atoms with Gasteiger partial charge in [0.1, 0.15) is 5.75 Å². The number of hydrogen-bond donors (Lipinski definition) is 1. The standard InChI is InChI=1S/C28H24N2O3S2/c1-33-21-15-13-19(14-16-21)25(31)18-34-22-8-6-7-20(17-22)29-28(32)30-23-9-2-4-11-26(23)35-27-12-5-3-10-24(27)30/h2-17,23,26H,18H2,1H3,(H,29,32). The minimum atomic E-state index is -0.177. The van der Waals surface area contributed by atoms with E-state index in [9.17, 15) is 9.59 Å². The minimum Gasteiger partial charge on any atom is -0.497 e. The normalized spacial score (nSPS) is 17.9. The van der Waals surface area contributed by atoms with E-state index in [0.717, 1.165) is 21.2 Å². The van der Waals surface area contributed by atoms with Gasteiger partial charge in [0.15, 0.2) is 5.78 Å². The Labute approximate surface area is 213 Å². The van der Waals surface area contributed by atoms with Gasteiger partial charge in [-0.25, -0.2) is 4.79 Å². The van der Waals surface area contributed by atoms with Crippen LogP contribution in [-0.2, 0) is 0 Å². The van der Waals surface area contributed by atoms with E-state index in [4.69, 9.17) is 4.74 Å². The molecule has 0 spiro atoms. The largest absolute Gasteiger partial charge is 0.497 e. The number of ketones is 1. The first kappa shape index (κ1) is 23.3. The lowest BCUT2D eigenvalue weighted by atomic mass is 10.1. The molecule has 176 valence electrons. The molecule has 1 aliphatic heterocycles. The average Bonchev–Trinajstić information content (AvgIpc) is 2.90. The Balaban J connectivity index is 1.28. The molecular formula is C28H24N2O3S2. The number of methoxy groups -OCH3 is 1. The minimum absolute atomic E-state index is 0.0395. The zero-order valence-electron chi connectivity index (χ0n) is 19.1. The summed E-state index contributed by atoms with van der Waals surface area (Å²) in [6, 6.07) is 22.5. The molecule has 0 radical (unpaired) electrons. The van der Waals surface area contributed by atoms with Crippen LogP contribution in [0.1, 0.15) is 10.4 Å². The number of anilines is 2. The first-order chi connectivity index (χ1) is 17.1. The van der Waals surface area contributed by atoms with Crippen LogP contribution in [0.3, 0.4) is 0 Å². The highest BCUT2D eigenvalue weighted by Gasteiger charge is 2.36. The number of urea groups is 1. The van der Waals surface area contributed by atoms with Crippen LogP contribution in [0.15, 0.2) is 107 Å². The van der Waals surface area contributed by atoms with Gasteiger partial charge in [0.25, 0.3) is 0 Å². The molecule has 2 atom stereocenters. The molecule has 1 N–H and O–H groups in total. The third-order valence-corrected chi connectivity index (χ3v) is 8.13. The predicted molar refractivity (Wildman–Crippen MR) is 144 cm³/mol. The molecular weight excluding hydrogens is 476 g/mol. The van der Waals surface area contributed by atoms with Crippen LogP contribution in [0, 0.1) is 0 Å². The van der Waals surface area contributed by atoms with Crippen molar-refractivity contribution >= 4 is 46.7 Å². The Morgan fingerprint density at radius 2 is 1.80 bits per heavy atom. The number of benzene rings is 3. The summed E-state index contributed by atoms with van der Waals surface area (Å²) >= 11 is 3.23. The van der Waals surface area contributed by atoms with E-state index in [-0.39, 0.29) is 23.1 Å². The maximum Gasteiger partial charge on any atom is 0.326 e. The quantitative estimate of drug-likeness (QED) is 0.302. The molecule has 1 heterocycles. The number of amides is 2. The van der Waals surface area contributed by atoms with E-state index in [1.165, 1.54) is 11.8 Å². The van der Waals surface area contributed by atoms with Crippen molar-refractivity contribution in [2.45, 2.75) is 21.1 Å². The molecule has 2 amide bonds. The van der Waals surface area contributed by atoms with Crippen molar-refractivity contribution in [1.82, 2.24) is 0 Å². The van der Waals surface area contributed by atoms with E-state index in [2.05, 4.69) is 23.5 Å². The first-order valence-corrected chi connectivity index (χ1v) is 13.1. The molecule has 0 aromatic heterocycles. The van der Waals surface area contributed by atoms with Crippen LogP contribution in [0.25, 0.3) is 0 Å². The molecule has 0 fully saturated rings. The molecule has 1 aliphatic carbocycles. The van der Waals surface area contributed by atoms with Crippen molar-refractivity contribution in [3.8, 4) is 5.75 Å². The zero-order chi connectivity index (χ0) is 24.2. The Bertz CT molecular complexity index is 1300. The molecule has 2 aliphatic rings. The second-order valence-electron chi connectivity index (χ2n) is 8.08. The van der Waals surface area contributed by atoms with Gasteiger partial charge in [0, 0.05) is 21.0 Å². The number of nitrogens with zero attached hydrogens (tertiary/aromatic N) is 1. The summed E-state index contributed by atoms with van der Waals surface area (Å²) in [4.78, 5) is 29.9. The number of carbonyl (C=O) groups is 2. The fourth-order valence-electron chi connectivity index (χ4n) is 4.08. The highest BCUT2D eigenvalue weighted by molar-refractivity contribution is 8.00. The number of thioether (sulfide) groups is 2. The summed E-state index contributed by atoms with van der Waals surface area (Å²) < 4.78 is 5.15. The number of hydrogen-bond acceptors (Lipinski definition) is 5. The smallest absolute Gasteiger partial charge is 0.326 e. The lowest BCUT2D eigenvalue weighted by Gasteiger charge is -2.40. The molecule has 0 bridgehead atoms. The van der Waals surface area contributed by atoms with Crippen molar-refractivity contribution in [2.75, 3.05) is 23.1 Å². The molecule has 2 unspecified atom stereocenters. The van der Waals surface area contributed by atoms with E-state index in [0.29, 0.717) is 17.0 Å². The number of ether oxygens (including phenoxy) is 1. The van der Waals surface area contributed by atoms with Crippen LogP contribution in [-0.4, -0.2) is 36.0 Å². The number of Topliss-reactive ketones (excluding diaryl/α,β-unsaturated/α-hetero) is 1. The molecule has 3 aromatic rings. The monoisotopic (exact) mass is 500 g/mol. The van der Waals surface area contributed by atoms with E-state index in [1.54, 1.807) is 43.1 Å². The summed E-state index contributed by atoms with van der Waals surface area (Å²) in [6.45, 7) is 0. The topological polar surface area (TPSA) is 58.6 Å². The van der Waals surface area contributed by atoms with Gasteiger partial charge in [-0.1, -0.05) is 42.5 Å². The van der Waals surface area contributed by atoms with Crippen LogP contribution >= 0.6 is 23.5 Å². The molecule has 7 heteroatoms. The van der Waals surface area contributed by atoms with Crippen LogP contribution in [0.5, 0.6) is 5.75 Å². The molecule has 5 rings (SSSR count). The van der Waals surface area contributed by atoms with Gasteiger partial charge in [-0.05, 0) is 54.6 Å². The second-order valence-corrected chi connectivity index (χ2v) is 10.3. The number of para-hydroxylation sites is 1. The first-order valence-electron chi connectivity index (χ1n) is 11.2. The predicted octanol–water partition coefficient (Wildman–Crippen LogP) is 6.68. The number of carbonyl (C=O) groups excluding carboxylic acids is 2. The highest BCUT2D eigenvalue weighted by atomic mass is 32.2. The number of fused-ring (bicyclic) bond motifs is 2. The third kappa shape index (κ3) is 5.16. The Kier molecular flexibility index (Phi) is 6.97. The van der Waals surface area contributed by atoms with Crippen LogP contribution < -0.4 is 15.0 Å². The zero-order valence-corrected chi connectivity index (χ0v) is 20.7. The summed E-state index contributed by atoms with van der Waals surface area (Å²) in [7, 11) is 1.60. The number of rotatable bonds is 6. The van der Waals surface area contributed by atoms with Gasteiger partial charge in [-0.3, -0.25) is 9.69 Å². The average molecular weight is 501 g/mol. The lowest BCUT2D eigenvalue weighted by molar-refractivity contribution is 0.102. The van der Waals surface area contributed by atoms with Crippen LogP contribution in [0.2, 0.25) is 0 Å². The van der Waals surface area contributed by atoms with E-state index >= 15 is 0 Å². The van der Waals surface area contributed by atoms with Crippen LogP contribution in [0.4, 0.5) is 16.2 Å². The van der Waals surface area contributed by atoms with Crippen molar-refractivity contribution in [3.05, 3.63) is 103 Å². The molecule has 0 saturated carbocycles. The van der Waals surface area contributed by atoms with Gasteiger partial charge < -0.3 is 10.1 Å². The van der Waals surface area contributed by atoms with Crippen molar-refractivity contribution in [2.24, 2.45) is 0 Å². The maximum atomic E-state index is 13.5. The lowest BCUT2D eigenvalue weighted by Crippen LogP contribution is -2.49. The Morgan fingerprint density at radius 1 is 1.00 bits per heavy atom. The Hall–Kier alpha value is -3.42. The summed E-state index contributed by atoms with van der Waals surface area (Å²) in [5.41, 5.74) is 2.25. The van der Waals surface area contributed by atoms with Crippen molar-refractivity contribution in [1.29, 1.82) is 0 Å². The van der Waals surface area contributed by atoms with E-state index < -0.39 is 0 Å². The third-order valence-electron chi connectivity index (χ3n) is 5.83. The fourth-order valence-corrected chi connectivity index (χ4v) is 6.19. The number of nitrogens with one attached hydrogen (secondary N) is 1. The second kappa shape index (κ2) is 10.5. The van der Waals surface area contributed by atoms with Gasteiger partial charge in [-0.2, -0.15) is 0 Å². The highest BCUT2D eigenvalue weighted by Crippen LogP contribution is 2.43. The van der Waals surface area contributed by atoms with Gasteiger partial charge in [0.05, 0.1) is 29.8 Å². The maximum absolute atomic E-state index is 13.5. The summed E-state index contributed by atoms with van der Waals surface area (Å²) in [5, 5.41) is 3.24. The fraction of sp³-hybridized carbons (Fsp3) is 0.143. The van der Waals surface area contributed by atoms with Gasteiger partial charge >= 0.3 is 6.03 Å². The molecule has 5 nitrogen and oxygen atoms in total. The Morgan fingerprint density at radius 3 is 2.63 bits per heavy atom. The SMILES string of the molecule is COc1ccc(C(=O)CSc2cccc(NC(=O)N3c4ccccc4SC4C=CC=CC43)c2)cc1. The summed E-state index contributed by atoms with van der Waals surface area (Å²) in [5.74, 6) is 1.07. The van der Waals surface area contributed by atoms with Crippen molar-refractivity contribution < 1.29 is 14.3 Å². The van der Waals surface area contributed by atoms with Gasteiger partial charge in [0.2, 0.25) is 0 Å². The van der Waals surface area contributed by atoms with E-state index in [1.807, 2.05) is 59.5 Å². The number of allylic oxidation sites excluding steroid dienone is 2. The van der Waals surface area contributed by atoms with Gasteiger partial charge in [-0.15, -0.1) is 23.5 Å². The summed E-state index contributed by atoms with van der Waals surface area (Å²) in [6.07, 6.45) is 8.24. The molecule has 0 saturated heterocycles. The van der Waals surface area contributed by atoms with Crippen molar-refractivity contribution in [3.63, 3.8) is 0 Å². The molecule has 35 heavy (non-hydrogen) atoms.